The van der Waals surface area contributed by atoms with Gasteiger partial charge in [0.15, 0.2) is 0 Å². The summed E-state index contributed by atoms with van der Waals surface area (Å²) in [4.78, 5) is 5.57. The Morgan fingerprint density at radius 3 is 2.60 bits per heavy atom. The van der Waals surface area contributed by atoms with E-state index < -0.39 is 0 Å². The van der Waals surface area contributed by atoms with Gasteiger partial charge in [0.05, 0.1) is 12.1 Å². The molecular formula is C9H8N6. The Morgan fingerprint density at radius 1 is 1.13 bits per heavy atom. The second-order valence-electron chi connectivity index (χ2n) is 3.32. The van der Waals surface area contributed by atoms with E-state index in [4.69, 9.17) is 11.1 Å². The number of hydrogen-bond acceptors (Lipinski definition) is 2. The average Bonchev–Trinajstić information content (AvgIpc) is 2.59. The number of fused-ring (bicyclic) bond motifs is 1. The topological polar surface area (TPSA) is 97.5 Å². The van der Waals surface area contributed by atoms with Gasteiger partial charge in [0.2, 0.25) is 0 Å². The molecule has 0 N–H and O–H groups in total. The van der Waals surface area contributed by atoms with E-state index in [1.165, 1.54) is 0 Å². The molecule has 1 aliphatic rings. The molecule has 15 heavy (non-hydrogen) atoms. The number of azide groups is 2. The van der Waals surface area contributed by atoms with Crippen LogP contribution in [0.2, 0.25) is 0 Å². The molecule has 0 saturated carbocycles. The molecule has 1 aliphatic carbocycles. The lowest BCUT2D eigenvalue weighted by molar-refractivity contribution is 0.587. The first-order valence-electron chi connectivity index (χ1n) is 4.53. The van der Waals surface area contributed by atoms with Crippen LogP contribution in [0.15, 0.2) is 34.5 Å². The third-order valence-electron chi connectivity index (χ3n) is 2.54. The summed E-state index contributed by atoms with van der Waals surface area (Å²) in [6.45, 7) is 0. The summed E-state index contributed by atoms with van der Waals surface area (Å²) in [6.07, 6.45) is 0.643. The van der Waals surface area contributed by atoms with Gasteiger partial charge < -0.3 is 0 Å². The summed E-state index contributed by atoms with van der Waals surface area (Å²) in [6, 6.07) is 7.02. The molecule has 0 radical (unpaired) electrons. The number of hydrogen-bond donors (Lipinski definition) is 0. The fourth-order valence-corrected chi connectivity index (χ4v) is 1.92. The molecule has 0 aromatic heterocycles. The predicted octanol–water partition coefficient (Wildman–Crippen LogP) is 3.27. The first kappa shape index (κ1) is 9.40. The minimum absolute atomic E-state index is 0.289. The fourth-order valence-electron chi connectivity index (χ4n) is 1.92. The molecule has 74 valence electrons. The maximum Gasteiger partial charge on any atom is 0.0715 e. The Labute approximate surface area is 85.8 Å². The van der Waals surface area contributed by atoms with Crippen molar-refractivity contribution in [2.24, 2.45) is 10.2 Å². The van der Waals surface area contributed by atoms with E-state index >= 15 is 0 Å². The van der Waals surface area contributed by atoms with Gasteiger partial charge in [-0.25, -0.2) is 0 Å². The highest BCUT2D eigenvalue weighted by atomic mass is 15.2. The molecule has 0 amide bonds. The summed E-state index contributed by atoms with van der Waals surface area (Å²) in [5, 5.41) is 7.33. The van der Waals surface area contributed by atoms with Crippen LogP contribution in [0.3, 0.4) is 0 Å². The van der Waals surface area contributed by atoms with Crippen molar-refractivity contribution >= 4 is 0 Å². The zero-order valence-electron chi connectivity index (χ0n) is 7.85. The molecule has 0 saturated heterocycles. The van der Waals surface area contributed by atoms with Crippen LogP contribution in [0.1, 0.15) is 17.2 Å². The lowest BCUT2D eigenvalue weighted by Gasteiger charge is -2.08. The maximum absolute atomic E-state index is 8.46. The number of nitrogens with zero attached hydrogens (tertiary/aromatic N) is 6. The van der Waals surface area contributed by atoms with Gasteiger partial charge in [-0.15, -0.1) is 0 Å². The Hall–Kier alpha value is -2.16. The predicted molar refractivity (Wildman–Crippen MR) is 55.0 cm³/mol. The second kappa shape index (κ2) is 3.92. The normalized spacial score (nSPS) is 22.4. The maximum atomic E-state index is 8.46. The van der Waals surface area contributed by atoms with Crippen molar-refractivity contribution < 1.29 is 0 Å². The third-order valence-corrected chi connectivity index (χ3v) is 2.54. The van der Waals surface area contributed by atoms with E-state index in [1.807, 2.05) is 24.3 Å². The van der Waals surface area contributed by atoms with E-state index in [0.29, 0.717) is 6.42 Å². The summed E-state index contributed by atoms with van der Waals surface area (Å²) >= 11 is 0. The van der Waals surface area contributed by atoms with Crippen LogP contribution in [0.25, 0.3) is 20.9 Å². The quantitative estimate of drug-likeness (QED) is 0.397. The van der Waals surface area contributed by atoms with Crippen LogP contribution < -0.4 is 0 Å². The Kier molecular flexibility index (Phi) is 2.46. The Bertz CT molecular complexity index is 469. The highest BCUT2D eigenvalue weighted by Crippen LogP contribution is 2.36. The van der Waals surface area contributed by atoms with E-state index in [2.05, 4.69) is 20.1 Å². The summed E-state index contributed by atoms with van der Waals surface area (Å²) < 4.78 is 0. The van der Waals surface area contributed by atoms with Crippen molar-refractivity contribution in [3.63, 3.8) is 0 Å². The molecule has 6 nitrogen and oxygen atoms in total. The van der Waals surface area contributed by atoms with Crippen LogP contribution in [-0.4, -0.2) is 6.04 Å². The summed E-state index contributed by atoms with van der Waals surface area (Å²) in [7, 11) is 0. The molecular weight excluding hydrogens is 192 g/mol. The molecule has 1 aromatic carbocycles. The third kappa shape index (κ3) is 1.59. The van der Waals surface area contributed by atoms with Gasteiger partial charge in [-0.3, -0.25) is 0 Å². The van der Waals surface area contributed by atoms with Crippen LogP contribution in [0.5, 0.6) is 0 Å². The molecule has 0 unspecified atom stereocenters. The van der Waals surface area contributed by atoms with Crippen molar-refractivity contribution in [3.8, 4) is 0 Å². The van der Waals surface area contributed by atoms with Crippen molar-refractivity contribution in [1.82, 2.24) is 0 Å². The molecule has 1 aromatic rings. The van der Waals surface area contributed by atoms with Gasteiger partial charge in [0, 0.05) is 9.82 Å². The largest absolute Gasteiger partial charge is 0.0895 e. The van der Waals surface area contributed by atoms with Crippen molar-refractivity contribution in [1.29, 1.82) is 0 Å². The zero-order valence-corrected chi connectivity index (χ0v) is 7.85. The molecule has 0 bridgehead atoms. The molecule has 0 heterocycles. The molecule has 2 rings (SSSR count). The van der Waals surface area contributed by atoms with E-state index in [1.54, 1.807) is 0 Å². The highest BCUT2D eigenvalue weighted by molar-refractivity contribution is 5.37. The minimum Gasteiger partial charge on any atom is -0.0895 e. The fraction of sp³-hybridized carbons (Fsp3) is 0.333. The van der Waals surface area contributed by atoms with Crippen molar-refractivity contribution in [2.75, 3.05) is 0 Å². The SMILES string of the molecule is [N-]=[N+]=N[C@H]1Cc2ccccc2[C@@H]1N=[N+]=[N-]. The second-order valence-corrected chi connectivity index (χ2v) is 3.32. The van der Waals surface area contributed by atoms with E-state index in [-0.39, 0.29) is 12.1 Å². The molecule has 0 aliphatic heterocycles. The summed E-state index contributed by atoms with van der Waals surface area (Å²) in [5.41, 5.74) is 18.9. The standard InChI is InChI=1S/C9H8N6/c10-14-12-8-5-6-3-1-2-4-7(6)9(8)13-15-11/h1-4,8-9H,5H2/t8-,9-/m0/s1. The van der Waals surface area contributed by atoms with Crippen LogP contribution in [-0.2, 0) is 6.42 Å². The Morgan fingerprint density at radius 2 is 1.87 bits per heavy atom. The van der Waals surface area contributed by atoms with E-state index in [0.717, 1.165) is 11.1 Å². The minimum atomic E-state index is -0.359. The smallest absolute Gasteiger partial charge is 0.0715 e. The van der Waals surface area contributed by atoms with Crippen LogP contribution in [0, 0.1) is 0 Å². The van der Waals surface area contributed by atoms with Gasteiger partial charge in [-0.05, 0) is 28.6 Å². The zero-order chi connectivity index (χ0) is 10.7. The van der Waals surface area contributed by atoms with Gasteiger partial charge in [-0.2, -0.15) is 0 Å². The first-order valence-corrected chi connectivity index (χ1v) is 4.53. The number of benzene rings is 1. The van der Waals surface area contributed by atoms with Gasteiger partial charge in [0.25, 0.3) is 0 Å². The average molecular weight is 200 g/mol. The number of rotatable bonds is 2. The summed E-state index contributed by atoms with van der Waals surface area (Å²) in [5.74, 6) is 0. The molecule has 0 spiro atoms. The van der Waals surface area contributed by atoms with Crippen LogP contribution >= 0.6 is 0 Å². The molecule has 2 atom stereocenters. The van der Waals surface area contributed by atoms with Gasteiger partial charge >= 0.3 is 0 Å². The van der Waals surface area contributed by atoms with Crippen LogP contribution in [0.4, 0.5) is 0 Å². The van der Waals surface area contributed by atoms with Gasteiger partial charge in [0.1, 0.15) is 0 Å². The molecule has 6 heteroatoms. The monoisotopic (exact) mass is 200 g/mol. The lowest BCUT2D eigenvalue weighted by atomic mass is 10.1. The lowest BCUT2D eigenvalue weighted by Crippen LogP contribution is -2.07. The van der Waals surface area contributed by atoms with Crippen molar-refractivity contribution in [3.05, 3.63) is 56.3 Å². The van der Waals surface area contributed by atoms with Crippen molar-refractivity contribution in [2.45, 2.75) is 18.5 Å². The highest BCUT2D eigenvalue weighted by Gasteiger charge is 2.30. The molecule has 0 fully saturated rings. The first-order chi connectivity index (χ1) is 7.36. The Balaban J connectivity index is 2.45. The van der Waals surface area contributed by atoms with Gasteiger partial charge in [-0.1, -0.05) is 34.5 Å². The van der Waals surface area contributed by atoms with E-state index in [9.17, 15) is 0 Å².